The first-order valence-electron chi connectivity index (χ1n) is 7.49. The molecule has 1 saturated carbocycles. The predicted molar refractivity (Wildman–Crippen MR) is 76.1 cm³/mol. The van der Waals surface area contributed by atoms with Crippen molar-refractivity contribution < 1.29 is 17.9 Å². The van der Waals surface area contributed by atoms with Crippen LogP contribution in [0.1, 0.15) is 51.1 Å². The molecule has 0 amide bonds. The van der Waals surface area contributed by atoms with Crippen molar-refractivity contribution in [1.29, 1.82) is 0 Å². The molecule has 1 aliphatic carbocycles. The van der Waals surface area contributed by atoms with E-state index in [1.807, 2.05) is 6.92 Å². The van der Waals surface area contributed by atoms with Gasteiger partial charge in [-0.25, -0.2) is 0 Å². The molecule has 5 heteroatoms. The van der Waals surface area contributed by atoms with E-state index in [1.54, 1.807) is 12.1 Å². The van der Waals surface area contributed by atoms with Gasteiger partial charge in [-0.15, -0.1) is 13.2 Å². The number of ether oxygens (including phenoxy) is 1. The average molecular weight is 301 g/mol. The van der Waals surface area contributed by atoms with E-state index >= 15 is 0 Å². The Kier molecular flexibility index (Phi) is 5.14. The quantitative estimate of drug-likeness (QED) is 0.780. The summed E-state index contributed by atoms with van der Waals surface area (Å²) in [7, 11) is 0. The van der Waals surface area contributed by atoms with Crippen molar-refractivity contribution in [2.45, 2.75) is 58.0 Å². The predicted octanol–water partition coefficient (Wildman–Crippen LogP) is 4.81. The standard InChI is InChI=1S/C16H22F3NO/c1-3-14(10-12-4-5-12)20-11(2)13-6-8-15(9-7-13)21-16(17,18)19/h6-9,11-12,14,20H,3-5,10H2,1-2H3. The van der Waals surface area contributed by atoms with Crippen molar-refractivity contribution in [1.82, 2.24) is 5.32 Å². The van der Waals surface area contributed by atoms with Gasteiger partial charge in [-0.1, -0.05) is 31.9 Å². The van der Waals surface area contributed by atoms with E-state index in [1.165, 1.54) is 31.4 Å². The van der Waals surface area contributed by atoms with Gasteiger partial charge >= 0.3 is 6.36 Å². The summed E-state index contributed by atoms with van der Waals surface area (Å²) < 4.78 is 40.2. The van der Waals surface area contributed by atoms with Gasteiger partial charge in [0.1, 0.15) is 5.75 Å². The van der Waals surface area contributed by atoms with Crippen LogP contribution in [0.25, 0.3) is 0 Å². The highest BCUT2D eigenvalue weighted by Gasteiger charge is 2.31. The van der Waals surface area contributed by atoms with Crippen molar-refractivity contribution >= 4 is 0 Å². The highest BCUT2D eigenvalue weighted by molar-refractivity contribution is 5.29. The van der Waals surface area contributed by atoms with Gasteiger partial charge in [0.2, 0.25) is 0 Å². The molecular formula is C16H22F3NO. The Morgan fingerprint density at radius 1 is 1.24 bits per heavy atom. The number of hydrogen-bond acceptors (Lipinski definition) is 2. The molecule has 2 nitrogen and oxygen atoms in total. The Hall–Kier alpha value is -1.23. The lowest BCUT2D eigenvalue weighted by molar-refractivity contribution is -0.274. The van der Waals surface area contributed by atoms with E-state index in [2.05, 4.69) is 17.0 Å². The number of alkyl halides is 3. The Morgan fingerprint density at radius 3 is 2.33 bits per heavy atom. The minimum absolute atomic E-state index is 0.119. The van der Waals surface area contributed by atoms with Crippen LogP contribution < -0.4 is 10.1 Å². The van der Waals surface area contributed by atoms with Crippen molar-refractivity contribution in [2.75, 3.05) is 0 Å². The first-order valence-corrected chi connectivity index (χ1v) is 7.49. The molecule has 0 radical (unpaired) electrons. The first-order chi connectivity index (χ1) is 9.87. The summed E-state index contributed by atoms with van der Waals surface area (Å²) in [6.45, 7) is 4.20. The zero-order valence-electron chi connectivity index (χ0n) is 12.4. The van der Waals surface area contributed by atoms with Gasteiger partial charge in [-0.2, -0.15) is 0 Å². The second kappa shape index (κ2) is 6.69. The van der Waals surface area contributed by atoms with E-state index < -0.39 is 6.36 Å². The number of hydrogen-bond donors (Lipinski definition) is 1. The molecule has 0 bridgehead atoms. The molecule has 21 heavy (non-hydrogen) atoms. The lowest BCUT2D eigenvalue weighted by Crippen LogP contribution is -2.31. The monoisotopic (exact) mass is 301 g/mol. The van der Waals surface area contributed by atoms with Crippen LogP contribution in [0.15, 0.2) is 24.3 Å². The van der Waals surface area contributed by atoms with Crippen LogP contribution in [0.2, 0.25) is 0 Å². The lowest BCUT2D eigenvalue weighted by Gasteiger charge is -2.23. The fourth-order valence-corrected chi connectivity index (χ4v) is 2.52. The van der Waals surface area contributed by atoms with Crippen molar-refractivity contribution in [3.63, 3.8) is 0 Å². The maximum absolute atomic E-state index is 12.1. The summed E-state index contributed by atoms with van der Waals surface area (Å²) in [6, 6.07) is 6.68. The maximum Gasteiger partial charge on any atom is 0.573 e. The van der Waals surface area contributed by atoms with Gasteiger partial charge in [0.25, 0.3) is 0 Å². The highest BCUT2D eigenvalue weighted by atomic mass is 19.4. The normalized spacial score (nSPS) is 18.3. The van der Waals surface area contributed by atoms with Crippen molar-refractivity contribution in [2.24, 2.45) is 5.92 Å². The molecule has 1 aliphatic rings. The van der Waals surface area contributed by atoms with Crippen LogP contribution in [0.3, 0.4) is 0 Å². The second-order valence-corrected chi connectivity index (χ2v) is 5.79. The molecule has 0 spiro atoms. The summed E-state index contributed by atoms with van der Waals surface area (Å²) in [4.78, 5) is 0. The molecule has 2 unspecified atom stereocenters. The third-order valence-electron chi connectivity index (χ3n) is 3.91. The van der Waals surface area contributed by atoms with Crippen LogP contribution in [0.5, 0.6) is 5.75 Å². The smallest absolute Gasteiger partial charge is 0.406 e. The number of halogens is 3. The fraction of sp³-hybridized carbons (Fsp3) is 0.625. The third kappa shape index (κ3) is 5.58. The van der Waals surface area contributed by atoms with E-state index in [-0.39, 0.29) is 11.8 Å². The second-order valence-electron chi connectivity index (χ2n) is 5.79. The molecule has 2 rings (SSSR count). The van der Waals surface area contributed by atoms with Gasteiger partial charge in [-0.05, 0) is 43.4 Å². The molecule has 0 heterocycles. The van der Waals surface area contributed by atoms with Crippen LogP contribution >= 0.6 is 0 Å². The molecule has 1 N–H and O–H groups in total. The number of nitrogens with one attached hydrogen (secondary N) is 1. The zero-order chi connectivity index (χ0) is 15.5. The third-order valence-corrected chi connectivity index (χ3v) is 3.91. The largest absolute Gasteiger partial charge is 0.573 e. The Bertz CT molecular complexity index is 440. The van der Waals surface area contributed by atoms with E-state index in [0.717, 1.165) is 17.9 Å². The van der Waals surface area contributed by atoms with Crippen LogP contribution in [0, 0.1) is 5.92 Å². The molecule has 118 valence electrons. The van der Waals surface area contributed by atoms with E-state index in [4.69, 9.17) is 0 Å². The highest BCUT2D eigenvalue weighted by Crippen LogP contribution is 2.34. The molecule has 1 fully saturated rings. The lowest BCUT2D eigenvalue weighted by atomic mass is 10.0. The fourth-order valence-electron chi connectivity index (χ4n) is 2.52. The first kappa shape index (κ1) is 16.1. The SMILES string of the molecule is CCC(CC1CC1)NC(C)c1ccc(OC(F)(F)F)cc1. The van der Waals surface area contributed by atoms with Crippen molar-refractivity contribution in [3.05, 3.63) is 29.8 Å². The molecule has 1 aromatic rings. The summed E-state index contributed by atoms with van der Waals surface area (Å²) >= 11 is 0. The Balaban J connectivity index is 1.90. The summed E-state index contributed by atoms with van der Waals surface area (Å²) in [5, 5.41) is 3.56. The van der Waals surface area contributed by atoms with E-state index in [0.29, 0.717) is 6.04 Å². The van der Waals surface area contributed by atoms with Gasteiger partial charge in [-0.3, -0.25) is 0 Å². The molecule has 0 saturated heterocycles. The van der Waals surface area contributed by atoms with Gasteiger partial charge in [0.05, 0.1) is 0 Å². The van der Waals surface area contributed by atoms with Gasteiger partial charge < -0.3 is 10.1 Å². The number of rotatable bonds is 7. The van der Waals surface area contributed by atoms with Crippen LogP contribution in [0.4, 0.5) is 13.2 Å². The van der Waals surface area contributed by atoms with E-state index in [9.17, 15) is 13.2 Å². The molecular weight excluding hydrogens is 279 g/mol. The van der Waals surface area contributed by atoms with Crippen molar-refractivity contribution in [3.8, 4) is 5.75 Å². The van der Waals surface area contributed by atoms with Gasteiger partial charge in [0.15, 0.2) is 0 Å². The molecule has 0 aromatic heterocycles. The molecule has 1 aromatic carbocycles. The Labute approximate surface area is 123 Å². The number of benzene rings is 1. The molecule has 0 aliphatic heterocycles. The minimum atomic E-state index is -4.64. The van der Waals surface area contributed by atoms with Crippen LogP contribution in [-0.2, 0) is 0 Å². The summed E-state index contributed by atoms with van der Waals surface area (Å²) in [5.41, 5.74) is 0.971. The minimum Gasteiger partial charge on any atom is -0.406 e. The zero-order valence-corrected chi connectivity index (χ0v) is 12.4. The maximum atomic E-state index is 12.1. The Morgan fingerprint density at radius 2 is 1.86 bits per heavy atom. The average Bonchev–Trinajstić information content (AvgIpc) is 3.20. The van der Waals surface area contributed by atoms with Crippen LogP contribution in [-0.4, -0.2) is 12.4 Å². The van der Waals surface area contributed by atoms with Gasteiger partial charge in [0, 0.05) is 12.1 Å². The molecule has 2 atom stereocenters. The topological polar surface area (TPSA) is 21.3 Å². The summed E-state index contributed by atoms with van der Waals surface area (Å²) in [6.07, 6.45) is 0.279. The summed E-state index contributed by atoms with van der Waals surface area (Å²) in [5.74, 6) is 0.681.